The summed E-state index contributed by atoms with van der Waals surface area (Å²) in [5.41, 5.74) is 0.115. The first-order valence-corrected chi connectivity index (χ1v) is 18.3. The van der Waals surface area contributed by atoms with Crippen molar-refractivity contribution in [2.45, 2.75) is 94.7 Å². The Labute approximate surface area is 302 Å². The van der Waals surface area contributed by atoms with Crippen molar-refractivity contribution in [2.75, 3.05) is 26.7 Å². The molecular formula is C41H53N3O7. The number of esters is 1. The molecule has 5 rings (SSSR count). The van der Waals surface area contributed by atoms with Crippen molar-refractivity contribution in [2.24, 2.45) is 11.8 Å². The Kier molecular flexibility index (Phi) is 12.5. The molecular weight excluding hydrogens is 646 g/mol. The number of ether oxygens (including phenoxy) is 2. The molecule has 274 valence electrons. The summed E-state index contributed by atoms with van der Waals surface area (Å²) in [6.45, 7) is 11.9. The summed E-state index contributed by atoms with van der Waals surface area (Å²) < 4.78 is 13.1. The third kappa shape index (κ3) is 7.39. The SMILES string of the molecule is C=CCCC(=O)N(C)[C@H](C)[C@H](OC(=O)[C@@H]1[C@@H]2CC[C@]3(O2)[C@H](C(=O)N(CC=C)CCCCC)N([C@H](CO)c2ccccc2)C(=O)[C@@H]13)c1ccccc1. The Morgan fingerprint density at radius 2 is 1.73 bits per heavy atom. The zero-order valence-corrected chi connectivity index (χ0v) is 30.2. The van der Waals surface area contributed by atoms with Gasteiger partial charge in [0.15, 0.2) is 0 Å². The van der Waals surface area contributed by atoms with Gasteiger partial charge in [0.1, 0.15) is 17.7 Å². The number of likely N-dealkylation sites (tertiary alicyclic amines) is 1. The van der Waals surface area contributed by atoms with E-state index in [9.17, 15) is 24.3 Å². The topological polar surface area (TPSA) is 117 Å². The van der Waals surface area contributed by atoms with Crippen LogP contribution in [-0.4, -0.2) is 94.0 Å². The average Bonchev–Trinajstić information content (AvgIpc) is 3.80. The van der Waals surface area contributed by atoms with E-state index in [4.69, 9.17) is 9.47 Å². The van der Waals surface area contributed by atoms with Crippen LogP contribution in [0.5, 0.6) is 0 Å². The van der Waals surface area contributed by atoms with Crippen molar-refractivity contribution >= 4 is 23.7 Å². The molecule has 3 aliphatic heterocycles. The summed E-state index contributed by atoms with van der Waals surface area (Å²) in [4.78, 5) is 62.0. The first-order chi connectivity index (χ1) is 24.6. The highest BCUT2D eigenvalue weighted by molar-refractivity contribution is 5.98. The first-order valence-electron chi connectivity index (χ1n) is 18.3. The number of carbonyl (C=O) groups excluding carboxylic acids is 4. The summed E-state index contributed by atoms with van der Waals surface area (Å²) >= 11 is 0. The number of aliphatic hydroxyl groups excluding tert-OH is 1. The number of hydrogen-bond donors (Lipinski definition) is 1. The lowest BCUT2D eigenvalue weighted by atomic mass is 9.70. The van der Waals surface area contributed by atoms with E-state index in [0.29, 0.717) is 43.5 Å². The van der Waals surface area contributed by atoms with Crippen LogP contribution in [-0.2, 0) is 28.7 Å². The van der Waals surface area contributed by atoms with Crippen LogP contribution in [0.15, 0.2) is 86.0 Å². The summed E-state index contributed by atoms with van der Waals surface area (Å²) in [6, 6.07) is 16.0. The normalized spacial score (nSPS) is 25.1. The number of fused-ring (bicyclic) bond motifs is 1. The molecule has 2 aromatic rings. The van der Waals surface area contributed by atoms with E-state index in [-0.39, 0.29) is 18.2 Å². The summed E-state index contributed by atoms with van der Waals surface area (Å²) in [6.07, 6.45) is 6.31. The molecule has 3 heterocycles. The van der Waals surface area contributed by atoms with Crippen molar-refractivity contribution in [3.05, 3.63) is 97.1 Å². The van der Waals surface area contributed by atoms with Crippen molar-refractivity contribution in [3.63, 3.8) is 0 Å². The maximum atomic E-state index is 14.9. The second kappa shape index (κ2) is 16.8. The molecule has 10 heteroatoms. The van der Waals surface area contributed by atoms with Gasteiger partial charge in [0.2, 0.25) is 17.7 Å². The van der Waals surface area contributed by atoms with E-state index in [1.165, 1.54) is 4.90 Å². The number of aliphatic hydroxyl groups is 1. The number of hydrogen-bond acceptors (Lipinski definition) is 7. The maximum absolute atomic E-state index is 14.9. The van der Waals surface area contributed by atoms with E-state index < -0.39 is 66.3 Å². The fourth-order valence-corrected chi connectivity index (χ4v) is 8.30. The van der Waals surface area contributed by atoms with Gasteiger partial charge in [-0.15, -0.1) is 13.2 Å². The lowest BCUT2D eigenvalue weighted by Crippen LogP contribution is -2.57. The quantitative estimate of drug-likeness (QED) is 0.126. The molecule has 3 saturated heterocycles. The second-order valence-corrected chi connectivity index (χ2v) is 14.0. The smallest absolute Gasteiger partial charge is 0.313 e. The molecule has 3 fully saturated rings. The van der Waals surface area contributed by atoms with Crippen molar-refractivity contribution in [3.8, 4) is 0 Å². The highest BCUT2D eigenvalue weighted by atomic mass is 16.6. The van der Waals surface area contributed by atoms with Gasteiger partial charge in [-0.05, 0) is 43.7 Å². The van der Waals surface area contributed by atoms with E-state index in [1.807, 2.05) is 67.6 Å². The molecule has 0 aliphatic carbocycles. The van der Waals surface area contributed by atoms with Crippen LogP contribution in [0.1, 0.15) is 82.1 Å². The van der Waals surface area contributed by atoms with Crippen molar-refractivity contribution in [1.82, 2.24) is 14.7 Å². The highest BCUT2D eigenvalue weighted by Crippen LogP contribution is 2.60. The van der Waals surface area contributed by atoms with E-state index >= 15 is 0 Å². The van der Waals surface area contributed by atoms with Crippen LogP contribution in [0.2, 0.25) is 0 Å². The molecule has 3 aliphatic rings. The minimum Gasteiger partial charge on any atom is -0.455 e. The number of amides is 3. The fourth-order valence-electron chi connectivity index (χ4n) is 8.30. The molecule has 0 radical (unpaired) electrons. The number of nitrogens with zero attached hydrogens (tertiary/aromatic N) is 3. The molecule has 51 heavy (non-hydrogen) atoms. The van der Waals surface area contributed by atoms with E-state index in [2.05, 4.69) is 20.1 Å². The number of likely N-dealkylation sites (N-methyl/N-ethyl adjacent to an activating group) is 1. The van der Waals surface area contributed by atoms with Crippen LogP contribution >= 0.6 is 0 Å². The van der Waals surface area contributed by atoms with Gasteiger partial charge in [-0.1, -0.05) is 92.6 Å². The van der Waals surface area contributed by atoms with Gasteiger partial charge in [-0.3, -0.25) is 19.2 Å². The minimum absolute atomic E-state index is 0.108. The molecule has 1 spiro atoms. The fraction of sp³-hybridized carbons (Fsp3) is 0.512. The zero-order chi connectivity index (χ0) is 36.7. The van der Waals surface area contributed by atoms with Gasteiger partial charge in [0.05, 0.1) is 36.6 Å². The molecule has 3 amide bonds. The first kappa shape index (κ1) is 38.0. The molecule has 0 unspecified atom stereocenters. The molecule has 0 aromatic heterocycles. The van der Waals surface area contributed by atoms with Crippen LogP contribution in [0.25, 0.3) is 0 Å². The summed E-state index contributed by atoms with van der Waals surface area (Å²) in [5.74, 6) is -3.37. The summed E-state index contributed by atoms with van der Waals surface area (Å²) in [7, 11) is 1.69. The Bertz CT molecular complexity index is 1550. The predicted molar refractivity (Wildman–Crippen MR) is 194 cm³/mol. The van der Waals surface area contributed by atoms with E-state index in [1.54, 1.807) is 29.0 Å². The molecule has 10 nitrogen and oxygen atoms in total. The third-order valence-corrected chi connectivity index (χ3v) is 11.0. The van der Waals surface area contributed by atoms with Gasteiger partial charge in [0.25, 0.3) is 0 Å². The van der Waals surface area contributed by atoms with Gasteiger partial charge in [-0.25, -0.2) is 0 Å². The minimum atomic E-state index is -1.28. The maximum Gasteiger partial charge on any atom is 0.313 e. The second-order valence-electron chi connectivity index (χ2n) is 14.0. The Balaban J connectivity index is 1.52. The third-order valence-electron chi connectivity index (χ3n) is 11.0. The number of allylic oxidation sites excluding steroid dienone is 1. The van der Waals surface area contributed by atoms with Crippen LogP contribution in [0.4, 0.5) is 0 Å². The average molecular weight is 700 g/mol. The molecule has 2 aromatic carbocycles. The van der Waals surface area contributed by atoms with Gasteiger partial charge in [-0.2, -0.15) is 0 Å². The zero-order valence-electron chi connectivity index (χ0n) is 30.2. The van der Waals surface area contributed by atoms with Crippen LogP contribution in [0.3, 0.4) is 0 Å². The molecule has 1 N–H and O–H groups in total. The summed E-state index contributed by atoms with van der Waals surface area (Å²) in [5, 5.41) is 10.8. The number of unbranched alkanes of at least 4 members (excludes halogenated alkanes) is 2. The Morgan fingerprint density at radius 1 is 1.06 bits per heavy atom. The standard InChI is InChI=1S/C41H53N3O7/c1-6-9-17-26-43(25-8-3)39(48)37-41-24-23-32(51-41)34(35(41)38(47)44(37)31(27-45)29-18-13-11-14-19-29)40(49)50-36(30-20-15-12-16-21-30)28(4)42(5)33(46)22-10-7-2/h7-8,11-16,18-21,28,31-32,34-37,45H,2-3,6,9-10,17,22-27H2,1,4-5H3/t28-,31-,32+,34-,35-,36+,37+,41-/m1/s1. The van der Waals surface area contributed by atoms with Crippen molar-refractivity contribution in [1.29, 1.82) is 0 Å². The predicted octanol–water partition coefficient (Wildman–Crippen LogP) is 5.40. The van der Waals surface area contributed by atoms with Crippen LogP contribution < -0.4 is 0 Å². The Hall–Kier alpha value is -4.28. The van der Waals surface area contributed by atoms with Crippen LogP contribution in [0, 0.1) is 11.8 Å². The molecule has 0 saturated carbocycles. The monoisotopic (exact) mass is 699 g/mol. The Morgan fingerprint density at radius 3 is 2.33 bits per heavy atom. The van der Waals surface area contributed by atoms with Crippen molar-refractivity contribution < 1.29 is 33.8 Å². The molecule has 2 bridgehead atoms. The largest absolute Gasteiger partial charge is 0.455 e. The van der Waals surface area contributed by atoms with Gasteiger partial charge >= 0.3 is 5.97 Å². The lowest BCUT2D eigenvalue weighted by molar-refractivity contribution is -0.165. The lowest BCUT2D eigenvalue weighted by Gasteiger charge is -2.39. The highest BCUT2D eigenvalue weighted by Gasteiger charge is 2.76. The van der Waals surface area contributed by atoms with Gasteiger partial charge in [0, 0.05) is 26.6 Å². The number of carbonyl (C=O) groups is 4. The van der Waals surface area contributed by atoms with E-state index in [0.717, 1.165) is 19.3 Å². The van der Waals surface area contributed by atoms with Gasteiger partial charge < -0.3 is 29.3 Å². The number of benzene rings is 2. The molecule has 8 atom stereocenters. The number of rotatable bonds is 18.